The maximum atomic E-state index is 13.7. The van der Waals surface area contributed by atoms with E-state index in [9.17, 15) is 17.6 Å². The highest BCUT2D eigenvalue weighted by Crippen LogP contribution is 2.33. The van der Waals surface area contributed by atoms with Crippen LogP contribution in [0.1, 0.15) is 28.4 Å². The molecule has 2 nitrogen and oxygen atoms in total. The number of hydrogen-bond donors (Lipinski definition) is 1. The predicted octanol–water partition coefficient (Wildman–Crippen LogP) is 3.86. The number of halogens is 4. The second-order valence-electron chi connectivity index (χ2n) is 4.69. The van der Waals surface area contributed by atoms with Crippen LogP contribution in [0.15, 0.2) is 36.5 Å². The van der Waals surface area contributed by atoms with E-state index in [-0.39, 0.29) is 0 Å². The van der Waals surface area contributed by atoms with Crippen LogP contribution in [0.25, 0.3) is 0 Å². The number of nitrogens with one attached hydrogen (secondary N) is 1. The van der Waals surface area contributed by atoms with Crippen molar-refractivity contribution in [1.29, 1.82) is 0 Å². The minimum Gasteiger partial charge on any atom is -0.309 e. The van der Waals surface area contributed by atoms with E-state index < -0.39 is 23.6 Å². The van der Waals surface area contributed by atoms with Gasteiger partial charge < -0.3 is 5.32 Å². The molecule has 1 heterocycles. The van der Waals surface area contributed by atoms with E-state index in [0.29, 0.717) is 5.56 Å². The zero-order valence-electron chi connectivity index (χ0n) is 11.5. The van der Waals surface area contributed by atoms with Crippen LogP contribution in [0.2, 0.25) is 0 Å². The smallest absolute Gasteiger partial charge is 0.309 e. The molecule has 0 saturated carbocycles. The summed E-state index contributed by atoms with van der Waals surface area (Å²) < 4.78 is 51.4. The fourth-order valence-electron chi connectivity index (χ4n) is 2.12. The molecule has 112 valence electrons. The Hall–Kier alpha value is -1.95. The van der Waals surface area contributed by atoms with Gasteiger partial charge in [0.05, 0.1) is 11.6 Å². The van der Waals surface area contributed by atoms with Crippen LogP contribution in [-0.2, 0) is 6.18 Å². The van der Waals surface area contributed by atoms with Gasteiger partial charge in [0.25, 0.3) is 0 Å². The molecule has 0 aliphatic carbocycles. The number of pyridine rings is 1. The topological polar surface area (TPSA) is 24.9 Å². The van der Waals surface area contributed by atoms with Crippen molar-refractivity contribution in [1.82, 2.24) is 10.3 Å². The van der Waals surface area contributed by atoms with Crippen molar-refractivity contribution in [3.63, 3.8) is 0 Å². The average Bonchev–Trinajstić information content (AvgIpc) is 2.40. The summed E-state index contributed by atoms with van der Waals surface area (Å²) in [4.78, 5) is 4.14. The Labute approximate surface area is 119 Å². The van der Waals surface area contributed by atoms with Gasteiger partial charge in [0, 0.05) is 11.9 Å². The fraction of sp³-hybridized carbons (Fsp3) is 0.267. The molecule has 6 heteroatoms. The van der Waals surface area contributed by atoms with Crippen LogP contribution in [0.3, 0.4) is 0 Å². The highest BCUT2D eigenvalue weighted by molar-refractivity contribution is 5.34. The highest BCUT2D eigenvalue weighted by Gasteiger charge is 2.34. The Morgan fingerprint density at radius 3 is 2.24 bits per heavy atom. The van der Waals surface area contributed by atoms with Gasteiger partial charge in [0.1, 0.15) is 5.82 Å². The SMILES string of the molecule is CNC(c1ccc(C)nc1)c1ccc(C(F)(F)F)c(F)c1. The van der Waals surface area contributed by atoms with Crippen molar-refractivity contribution in [2.75, 3.05) is 7.05 Å². The van der Waals surface area contributed by atoms with E-state index in [0.717, 1.165) is 23.4 Å². The van der Waals surface area contributed by atoms with Gasteiger partial charge in [-0.25, -0.2) is 4.39 Å². The number of rotatable bonds is 3. The molecule has 0 aliphatic rings. The van der Waals surface area contributed by atoms with Crippen LogP contribution in [0, 0.1) is 12.7 Å². The lowest BCUT2D eigenvalue weighted by Gasteiger charge is -2.18. The van der Waals surface area contributed by atoms with Gasteiger partial charge in [-0.05, 0) is 43.3 Å². The molecule has 2 aromatic rings. The molecule has 0 fully saturated rings. The second-order valence-corrected chi connectivity index (χ2v) is 4.69. The first-order valence-corrected chi connectivity index (χ1v) is 6.29. The summed E-state index contributed by atoms with van der Waals surface area (Å²) in [5.41, 5.74) is 0.728. The van der Waals surface area contributed by atoms with E-state index in [1.165, 1.54) is 6.07 Å². The maximum absolute atomic E-state index is 13.7. The molecule has 0 radical (unpaired) electrons. The van der Waals surface area contributed by atoms with Crippen molar-refractivity contribution >= 4 is 0 Å². The first kappa shape index (κ1) is 15.4. The average molecular weight is 298 g/mol. The number of hydrogen-bond acceptors (Lipinski definition) is 2. The van der Waals surface area contributed by atoms with Crippen molar-refractivity contribution in [3.05, 3.63) is 64.7 Å². The molecular weight excluding hydrogens is 284 g/mol. The summed E-state index contributed by atoms with van der Waals surface area (Å²) in [7, 11) is 1.65. The van der Waals surface area contributed by atoms with Crippen molar-refractivity contribution < 1.29 is 17.6 Å². The van der Waals surface area contributed by atoms with Crippen LogP contribution >= 0.6 is 0 Å². The predicted molar refractivity (Wildman–Crippen MR) is 71.3 cm³/mol. The number of aryl methyl sites for hydroxylation is 1. The third-order valence-electron chi connectivity index (χ3n) is 3.19. The van der Waals surface area contributed by atoms with E-state index in [1.54, 1.807) is 25.4 Å². The van der Waals surface area contributed by atoms with Gasteiger partial charge in [-0.2, -0.15) is 13.2 Å². The first-order chi connectivity index (χ1) is 9.82. The maximum Gasteiger partial charge on any atom is 0.419 e. The molecule has 1 unspecified atom stereocenters. The Balaban J connectivity index is 2.40. The zero-order chi connectivity index (χ0) is 15.6. The highest BCUT2D eigenvalue weighted by atomic mass is 19.4. The molecule has 1 N–H and O–H groups in total. The van der Waals surface area contributed by atoms with Gasteiger partial charge in [-0.3, -0.25) is 4.98 Å². The van der Waals surface area contributed by atoms with Gasteiger partial charge in [0.15, 0.2) is 0 Å². The summed E-state index contributed by atoms with van der Waals surface area (Å²) in [6.45, 7) is 1.83. The minimum absolute atomic E-state index is 0.411. The third kappa shape index (κ3) is 3.39. The molecule has 1 aromatic heterocycles. The Kier molecular flexibility index (Phi) is 4.27. The molecule has 21 heavy (non-hydrogen) atoms. The van der Waals surface area contributed by atoms with Gasteiger partial charge in [-0.1, -0.05) is 12.1 Å². The number of benzene rings is 1. The van der Waals surface area contributed by atoms with Crippen LogP contribution < -0.4 is 5.32 Å². The molecule has 0 spiro atoms. The van der Waals surface area contributed by atoms with Crippen molar-refractivity contribution in [2.45, 2.75) is 19.1 Å². The van der Waals surface area contributed by atoms with Crippen LogP contribution in [0.5, 0.6) is 0 Å². The summed E-state index contributed by atoms with van der Waals surface area (Å²) in [5.74, 6) is -1.28. The number of aromatic nitrogens is 1. The monoisotopic (exact) mass is 298 g/mol. The lowest BCUT2D eigenvalue weighted by molar-refractivity contribution is -0.140. The van der Waals surface area contributed by atoms with Crippen LogP contribution in [0.4, 0.5) is 17.6 Å². The molecular formula is C15H14F4N2. The summed E-state index contributed by atoms with van der Waals surface area (Å²) in [5, 5.41) is 2.95. The molecule has 0 bridgehead atoms. The lowest BCUT2D eigenvalue weighted by atomic mass is 9.98. The quantitative estimate of drug-likeness (QED) is 0.870. The third-order valence-corrected chi connectivity index (χ3v) is 3.19. The first-order valence-electron chi connectivity index (χ1n) is 6.29. The van der Waals surface area contributed by atoms with E-state index >= 15 is 0 Å². The summed E-state index contributed by atoms with van der Waals surface area (Å²) in [6.07, 6.45) is -3.07. The minimum atomic E-state index is -4.69. The van der Waals surface area contributed by atoms with E-state index in [2.05, 4.69) is 10.3 Å². The van der Waals surface area contributed by atoms with Crippen LogP contribution in [-0.4, -0.2) is 12.0 Å². The molecule has 0 aliphatic heterocycles. The fourth-order valence-corrected chi connectivity index (χ4v) is 2.12. The number of alkyl halides is 3. The van der Waals surface area contributed by atoms with Crippen molar-refractivity contribution in [3.8, 4) is 0 Å². The Morgan fingerprint density at radius 1 is 1.10 bits per heavy atom. The second kappa shape index (κ2) is 5.81. The lowest BCUT2D eigenvalue weighted by Crippen LogP contribution is -2.19. The van der Waals surface area contributed by atoms with E-state index in [1.807, 2.05) is 6.92 Å². The molecule has 1 atom stereocenters. The van der Waals surface area contributed by atoms with Gasteiger partial charge >= 0.3 is 6.18 Å². The molecule has 2 rings (SSSR count). The zero-order valence-corrected chi connectivity index (χ0v) is 11.5. The van der Waals surface area contributed by atoms with Gasteiger partial charge in [0.2, 0.25) is 0 Å². The summed E-state index contributed by atoms with van der Waals surface area (Å²) in [6, 6.07) is 6.11. The standard InChI is InChI=1S/C15H14F4N2/c1-9-3-4-11(8-21-9)14(20-2)10-5-6-12(13(16)7-10)15(17,18)19/h3-8,14,20H,1-2H3. The normalized spacial score (nSPS) is 13.2. The van der Waals surface area contributed by atoms with E-state index in [4.69, 9.17) is 0 Å². The Bertz CT molecular complexity index is 621. The summed E-state index contributed by atoms with van der Waals surface area (Å²) >= 11 is 0. The molecule has 0 saturated heterocycles. The van der Waals surface area contributed by atoms with Gasteiger partial charge in [-0.15, -0.1) is 0 Å². The largest absolute Gasteiger partial charge is 0.419 e. The molecule has 0 amide bonds. The molecule has 1 aromatic carbocycles. The van der Waals surface area contributed by atoms with Crippen molar-refractivity contribution in [2.24, 2.45) is 0 Å². The number of nitrogens with zero attached hydrogens (tertiary/aromatic N) is 1. The Morgan fingerprint density at radius 2 is 1.76 bits per heavy atom.